The number of anilines is 1. The van der Waals surface area contributed by atoms with Crippen LogP contribution in [0.1, 0.15) is 32.5 Å². The third-order valence-corrected chi connectivity index (χ3v) is 4.79. The number of aromatic nitrogens is 3. The van der Waals surface area contributed by atoms with Crippen LogP contribution < -0.4 is 4.90 Å². The maximum atomic E-state index is 12.6. The summed E-state index contributed by atoms with van der Waals surface area (Å²) >= 11 is 0. The number of para-hydroxylation sites is 1. The van der Waals surface area contributed by atoms with E-state index in [0.29, 0.717) is 25.6 Å². The minimum Gasteiger partial charge on any atom is -0.444 e. The predicted molar refractivity (Wildman–Crippen MR) is 112 cm³/mol. The molecule has 1 aliphatic rings. The first kappa shape index (κ1) is 19.1. The van der Waals surface area contributed by atoms with E-state index in [4.69, 9.17) is 9.72 Å². The number of ether oxygens (including phenoxy) is 1. The van der Waals surface area contributed by atoms with Crippen LogP contribution >= 0.6 is 0 Å². The fourth-order valence-electron chi connectivity index (χ4n) is 3.44. The molecule has 0 bridgehead atoms. The molecule has 29 heavy (non-hydrogen) atoms. The number of piperazine rings is 1. The number of carbonyl (C=O) groups is 1. The summed E-state index contributed by atoms with van der Waals surface area (Å²) in [6, 6.07) is 13.6. The van der Waals surface area contributed by atoms with Gasteiger partial charge in [0.2, 0.25) is 5.95 Å². The highest BCUT2D eigenvalue weighted by molar-refractivity contribution is 5.78. The molecule has 150 valence electrons. The molecule has 0 unspecified atom stereocenters. The molecule has 1 aromatic carbocycles. The van der Waals surface area contributed by atoms with E-state index in [-0.39, 0.29) is 12.1 Å². The number of fused-ring (bicyclic) bond motifs is 1. The van der Waals surface area contributed by atoms with E-state index in [0.717, 1.165) is 16.6 Å². The van der Waals surface area contributed by atoms with Crippen molar-refractivity contribution < 1.29 is 9.53 Å². The Balaban J connectivity index is 1.65. The monoisotopic (exact) mass is 391 g/mol. The van der Waals surface area contributed by atoms with Gasteiger partial charge in [-0.25, -0.2) is 14.8 Å². The van der Waals surface area contributed by atoms with Gasteiger partial charge in [0.15, 0.2) is 0 Å². The number of hydrogen-bond donors (Lipinski definition) is 0. The summed E-state index contributed by atoms with van der Waals surface area (Å²) < 4.78 is 5.58. The van der Waals surface area contributed by atoms with Crippen molar-refractivity contribution in [1.82, 2.24) is 19.9 Å². The van der Waals surface area contributed by atoms with Crippen LogP contribution in [0.4, 0.5) is 10.7 Å². The summed E-state index contributed by atoms with van der Waals surface area (Å²) in [5, 5.41) is 0.998. The number of rotatable bonds is 2. The third kappa shape index (κ3) is 4.29. The van der Waals surface area contributed by atoms with Crippen molar-refractivity contribution in [2.75, 3.05) is 24.5 Å². The van der Waals surface area contributed by atoms with Crippen molar-refractivity contribution in [2.24, 2.45) is 0 Å². The van der Waals surface area contributed by atoms with Crippen molar-refractivity contribution in [1.29, 1.82) is 0 Å². The first-order valence-electron chi connectivity index (χ1n) is 9.78. The van der Waals surface area contributed by atoms with Gasteiger partial charge in [-0.15, -0.1) is 0 Å². The van der Waals surface area contributed by atoms with E-state index in [2.05, 4.69) is 14.9 Å². The topological polar surface area (TPSA) is 71.5 Å². The van der Waals surface area contributed by atoms with Crippen LogP contribution in [0, 0.1) is 0 Å². The molecule has 2 aromatic heterocycles. The van der Waals surface area contributed by atoms with Crippen LogP contribution in [0.25, 0.3) is 10.9 Å². The van der Waals surface area contributed by atoms with Gasteiger partial charge in [0.25, 0.3) is 0 Å². The SMILES string of the molecule is CC(C)(C)OC(=O)N1CCN(c2ncc3ccccc3n2)[C@@H](c2ccccn2)C1. The quantitative estimate of drug-likeness (QED) is 0.661. The molecule has 0 N–H and O–H groups in total. The van der Waals surface area contributed by atoms with Gasteiger partial charge in [-0.05, 0) is 39.0 Å². The van der Waals surface area contributed by atoms with E-state index in [1.165, 1.54) is 0 Å². The normalized spacial score (nSPS) is 17.4. The van der Waals surface area contributed by atoms with E-state index in [1.54, 1.807) is 11.1 Å². The Labute approximate surface area is 170 Å². The first-order valence-corrected chi connectivity index (χ1v) is 9.78. The van der Waals surface area contributed by atoms with E-state index >= 15 is 0 Å². The third-order valence-electron chi connectivity index (χ3n) is 4.79. The summed E-state index contributed by atoms with van der Waals surface area (Å²) in [6.07, 6.45) is 3.30. The lowest BCUT2D eigenvalue weighted by Crippen LogP contribution is -2.52. The molecule has 7 heteroatoms. The number of carbonyl (C=O) groups excluding carboxylic acids is 1. The summed E-state index contributed by atoms with van der Waals surface area (Å²) in [6.45, 7) is 7.22. The molecule has 3 heterocycles. The molecule has 3 aromatic rings. The summed E-state index contributed by atoms with van der Waals surface area (Å²) in [5.74, 6) is 0.642. The van der Waals surface area contributed by atoms with Crippen molar-refractivity contribution in [3.05, 3.63) is 60.6 Å². The lowest BCUT2D eigenvalue weighted by atomic mass is 10.1. The average Bonchev–Trinajstić information content (AvgIpc) is 2.72. The van der Waals surface area contributed by atoms with Crippen molar-refractivity contribution >= 4 is 22.9 Å². The maximum absolute atomic E-state index is 12.6. The fourth-order valence-corrected chi connectivity index (χ4v) is 3.44. The molecule has 1 fully saturated rings. The second-order valence-corrected chi connectivity index (χ2v) is 8.12. The minimum absolute atomic E-state index is 0.154. The average molecular weight is 391 g/mol. The van der Waals surface area contributed by atoms with Gasteiger partial charge in [0.05, 0.1) is 23.8 Å². The van der Waals surface area contributed by atoms with E-state index in [9.17, 15) is 4.79 Å². The molecule has 1 amide bonds. The van der Waals surface area contributed by atoms with Crippen LogP contribution in [0.2, 0.25) is 0 Å². The number of pyridine rings is 1. The second kappa shape index (κ2) is 7.66. The van der Waals surface area contributed by atoms with Crippen LogP contribution in [0.3, 0.4) is 0 Å². The highest BCUT2D eigenvalue weighted by Gasteiger charge is 2.34. The smallest absolute Gasteiger partial charge is 0.410 e. The zero-order valence-electron chi connectivity index (χ0n) is 16.9. The Morgan fingerprint density at radius 3 is 2.62 bits per heavy atom. The van der Waals surface area contributed by atoms with Gasteiger partial charge in [0.1, 0.15) is 5.60 Å². The zero-order chi connectivity index (χ0) is 20.4. The molecule has 0 radical (unpaired) electrons. The van der Waals surface area contributed by atoms with Crippen LogP contribution in [0.5, 0.6) is 0 Å². The largest absolute Gasteiger partial charge is 0.444 e. The number of benzene rings is 1. The molecular formula is C22H25N5O2. The molecular weight excluding hydrogens is 366 g/mol. The minimum atomic E-state index is -0.532. The van der Waals surface area contributed by atoms with Crippen LogP contribution in [0.15, 0.2) is 54.9 Å². The van der Waals surface area contributed by atoms with Gasteiger partial charge in [-0.1, -0.05) is 24.3 Å². The van der Waals surface area contributed by atoms with Crippen LogP contribution in [-0.2, 0) is 4.74 Å². The lowest BCUT2D eigenvalue weighted by Gasteiger charge is -2.41. The van der Waals surface area contributed by atoms with Gasteiger partial charge in [-0.2, -0.15) is 0 Å². The lowest BCUT2D eigenvalue weighted by molar-refractivity contribution is 0.0212. The molecule has 4 rings (SSSR count). The number of hydrogen-bond acceptors (Lipinski definition) is 6. The standard InChI is InChI=1S/C22H25N5O2/c1-22(2,3)29-21(28)26-12-13-27(19(15-26)18-10-6-7-11-23-18)20-24-14-16-8-4-5-9-17(16)25-20/h4-11,14,19H,12-13,15H2,1-3H3/t19-/m1/s1. The Morgan fingerprint density at radius 2 is 1.86 bits per heavy atom. The molecule has 0 spiro atoms. The number of nitrogens with zero attached hydrogens (tertiary/aromatic N) is 5. The molecule has 7 nitrogen and oxygen atoms in total. The van der Waals surface area contributed by atoms with E-state index < -0.39 is 5.60 Å². The Morgan fingerprint density at radius 1 is 1.07 bits per heavy atom. The second-order valence-electron chi connectivity index (χ2n) is 8.12. The summed E-state index contributed by atoms with van der Waals surface area (Å²) in [5.41, 5.74) is 1.24. The van der Waals surface area contributed by atoms with E-state index in [1.807, 2.05) is 69.4 Å². The first-order chi connectivity index (χ1) is 13.9. The van der Waals surface area contributed by atoms with Gasteiger partial charge < -0.3 is 14.5 Å². The van der Waals surface area contributed by atoms with Gasteiger partial charge in [0, 0.05) is 30.9 Å². The molecule has 0 saturated carbocycles. The van der Waals surface area contributed by atoms with Crippen molar-refractivity contribution in [3.8, 4) is 0 Å². The molecule has 1 atom stereocenters. The Bertz CT molecular complexity index is 1000. The molecule has 1 aliphatic heterocycles. The summed E-state index contributed by atoms with van der Waals surface area (Å²) in [7, 11) is 0. The fraction of sp³-hybridized carbons (Fsp3) is 0.364. The highest BCUT2D eigenvalue weighted by atomic mass is 16.6. The summed E-state index contributed by atoms with van der Waals surface area (Å²) in [4.78, 5) is 30.4. The highest BCUT2D eigenvalue weighted by Crippen LogP contribution is 2.29. The van der Waals surface area contributed by atoms with Crippen molar-refractivity contribution in [2.45, 2.75) is 32.4 Å². The van der Waals surface area contributed by atoms with Crippen molar-refractivity contribution in [3.63, 3.8) is 0 Å². The maximum Gasteiger partial charge on any atom is 0.410 e. The zero-order valence-corrected chi connectivity index (χ0v) is 16.9. The molecule has 0 aliphatic carbocycles. The number of amides is 1. The van der Waals surface area contributed by atoms with Crippen LogP contribution in [-0.4, -0.2) is 51.2 Å². The van der Waals surface area contributed by atoms with Gasteiger partial charge >= 0.3 is 6.09 Å². The van der Waals surface area contributed by atoms with Gasteiger partial charge in [-0.3, -0.25) is 4.98 Å². The molecule has 1 saturated heterocycles. The Kier molecular flexibility index (Phi) is 5.05. The predicted octanol–water partition coefficient (Wildman–Crippen LogP) is 3.82. The Hall–Kier alpha value is -3.22.